The van der Waals surface area contributed by atoms with E-state index >= 15 is 0 Å². The van der Waals surface area contributed by atoms with Crippen molar-refractivity contribution in [3.8, 4) is 5.75 Å². The van der Waals surface area contributed by atoms with Gasteiger partial charge in [0.15, 0.2) is 12.4 Å². The second-order valence-electron chi connectivity index (χ2n) is 9.98. The van der Waals surface area contributed by atoms with Crippen LogP contribution in [0.3, 0.4) is 0 Å². The monoisotopic (exact) mass is 575 g/mol. The number of carbonyl (C=O) groups is 5. The summed E-state index contributed by atoms with van der Waals surface area (Å²) in [7, 11) is 1.24. The fourth-order valence-electron chi connectivity index (χ4n) is 3.75. The van der Waals surface area contributed by atoms with Gasteiger partial charge in [-0.1, -0.05) is 48.5 Å². The van der Waals surface area contributed by atoms with E-state index in [4.69, 9.17) is 9.47 Å². The molecule has 220 valence electrons. The van der Waals surface area contributed by atoms with Gasteiger partial charge in [-0.15, -0.1) is 0 Å². The Morgan fingerprint density at radius 1 is 0.833 bits per heavy atom. The van der Waals surface area contributed by atoms with Crippen molar-refractivity contribution in [3.05, 3.63) is 90.0 Å². The molecule has 11 nitrogen and oxygen atoms in total. The number of amides is 3. The molecule has 3 rings (SSSR count). The van der Waals surface area contributed by atoms with Crippen LogP contribution in [0.2, 0.25) is 0 Å². The number of hydrogen-bond acceptors (Lipinski definition) is 8. The minimum Gasteiger partial charge on any atom is -0.482 e. The lowest BCUT2D eigenvalue weighted by Crippen LogP contribution is -2.45. The van der Waals surface area contributed by atoms with E-state index in [1.54, 1.807) is 93.6 Å². The molecule has 0 aliphatic carbocycles. The van der Waals surface area contributed by atoms with Crippen molar-refractivity contribution in [2.24, 2.45) is 0 Å². The molecule has 0 aromatic heterocycles. The summed E-state index contributed by atoms with van der Waals surface area (Å²) in [4.78, 5) is 64.6. The van der Waals surface area contributed by atoms with E-state index in [0.717, 1.165) is 4.90 Å². The van der Waals surface area contributed by atoms with Gasteiger partial charge in [-0.2, -0.15) is 0 Å². The molecule has 0 fully saturated rings. The quantitative estimate of drug-likeness (QED) is 0.259. The molecule has 0 saturated carbocycles. The standard InChI is InChI=1S/C31H33N3O8/c1-31(2,3)42-27(36)19-34(25-16-9-8-15-24(25)29(38)21-11-6-5-7-12-21)26(35)18-32-30(39)33-22-13-10-14-23(17-22)41-20-28(37)40-4/h5-17H,18-20H2,1-4H3,(H2,32,33,39). The maximum absolute atomic E-state index is 13.4. The molecule has 0 unspecified atom stereocenters. The third-order valence-corrected chi connectivity index (χ3v) is 5.56. The van der Waals surface area contributed by atoms with E-state index in [2.05, 4.69) is 15.4 Å². The van der Waals surface area contributed by atoms with E-state index in [0.29, 0.717) is 17.0 Å². The zero-order chi connectivity index (χ0) is 30.7. The molecule has 0 atom stereocenters. The SMILES string of the molecule is COC(=O)COc1cccc(NC(=O)NCC(=O)N(CC(=O)OC(C)(C)C)c2ccccc2C(=O)c2ccccc2)c1. The average Bonchev–Trinajstić information content (AvgIpc) is 2.97. The van der Waals surface area contributed by atoms with Crippen LogP contribution in [-0.4, -0.2) is 62.1 Å². The first kappa shape index (κ1) is 31.3. The molecule has 3 amide bonds. The molecule has 11 heteroatoms. The van der Waals surface area contributed by atoms with Gasteiger partial charge in [0.2, 0.25) is 5.91 Å². The normalized spacial score (nSPS) is 10.7. The molecular weight excluding hydrogens is 542 g/mol. The Bertz CT molecular complexity index is 1430. The van der Waals surface area contributed by atoms with E-state index in [1.165, 1.54) is 13.2 Å². The number of urea groups is 1. The van der Waals surface area contributed by atoms with Gasteiger partial charge in [0.1, 0.15) is 17.9 Å². The summed E-state index contributed by atoms with van der Waals surface area (Å²) in [5.41, 5.74) is 0.337. The summed E-state index contributed by atoms with van der Waals surface area (Å²) in [6.45, 7) is 3.81. The van der Waals surface area contributed by atoms with Crippen LogP contribution in [0, 0.1) is 0 Å². The Morgan fingerprint density at radius 2 is 1.52 bits per heavy atom. The van der Waals surface area contributed by atoms with Crippen LogP contribution in [0.1, 0.15) is 36.7 Å². The number of ether oxygens (including phenoxy) is 3. The van der Waals surface area contributed by atoms with Crippen molar-refractivity contribution in [2.75, 3.05) is 37.0 Å². The average molecular weight is 576 g/mol. The minimum absolute atomic E-state index is 0.194. The molecule has 3 aromatic rings. The van der Waals surface area contributed by atoms with Crippen LogP contribution in [0.15, 0.2) is 78.9 Å². The molecule has 3 aromatic carbocycles. The number of esters is 2. The molecule has 0 heterocycles. The van der Waals surface area contributed by atoms with Gasteiger partial charge in [-0.25, -0.2) is 9.59 Å². The molecule has 0 saturated heterocycles. The Balaban J connectivity index is 1.77. The smallest absolute Gasteiger partial charge is 0.343 e. The molecule has 0 aliphatic rings. The first-order valence-electron chi connectivity index (χ1n) is 13.0. The lowest BCUT2D eigenvalue weighted by Gasteiger charge is -2.27. The third kappa shape index (κ3) is 9.47. The van der Waals surface area contributed by atoms with Crippen LogP contribution < -0.4 is 20.3 Å². The zero-order valence-corrected chi connectivity index (χ0v) is 23.8. The van der Waals surface area contributed by atoms with Crippen LogP contribution in [0.25, 0.3) is 0 Å². The first-order valence-corrected chi connectivity index (χ1v) is 13.0. The second-order valence-corrected chi connectivity index (χ2v) is 9.98. The number of nitrogens with zero attached hydrogens (tertiary/aromatic N) is 1. The number of carbonyl (C=O) groups excluding carboxylic acids is 5. The Hall–Kier alpha value is -5.19. The van der Waals surface area contributed by atoms with Crippen LogP contribution >= 0.6 is 0 Å². The molecule has 0 radical (unpaired) electrons. The summed E-state index contributed by atoms with van der Waals surface area (Å²) in [6, 6.07) is 20.5. The van der Waals surface area contributed by atoms with Gasteiger partial charge in [-0.05, 0) is 45.0 Å². The summed E-state index contributed by atoms with van der Waals surface area (Å²) >= 11 is 0. The minimum atomic E-state index is -0.807. The predicted octanol–water partition coefficient (Wildman–Crippen LogP) is 3.97. The maximum Gasteiger partial charge on any atom is 0.343 e. The van der Waals surface area contributed by atoms with Gasteiger partial charge in [0.25, 0.3) is 0 Å². The zero-order valence-electron chi connectivity index (χ0n) is 23.8. The topological polar surface area (TPSA) is 140 Å². The van der Waals surface area contributed by atoms with E-state index in [1.807, 2.05) is 0 Å². The molecular formula is C31H33N3O8. The van der Waals surface area contributed by atoms with Crippen LogP contribution in [0.5, 0.6) is 5.75 Å². The second kappa shape index (κ2) is 14.4. The van der Waals surface area contributed by atoms with Crippen molar-refractivity contribution < 1.29 is 38.2 Å². The van der Waals surface area contributed by atoms with Gasteiger partial charge < -0.3 is 24.8 Å². The van der Waals surface area contributed by atoms with Crippen molar-refractivity contribution in [1.82, 2.24) is 5.32 Å². The van der Waals surface area contributed by atoms with Crippen molar-refractivity contribution in [1.29, 1.82) is 0 Å². The van der Waals surface area contributed by atoms with Gasteiger partial charge in [0, 0.05) is 22.9 Å². The number of ketones is 1. The Kier molecular flexibility index (Phi) is 10.8. The lowest BCUT2D eigenvalue weighted by molar-refractivity contribution is -0.153. The fourth-order valence-corrected chi connectivity index (χ4v) is 3.75. The molecule has 2 N–H and O–H groups in total. The molecule has 42 heavy (non-hydrogen) atoms. The number of para-hydroxylation sites is 1. The maximum atomic E-state index is 13.4. The van der Waals surface area contributed by atoms with Gasteiger partial charge in [0.05, 0.1) is 19.3 Å². The van der Waals surface area contributed by atoms with E-state index < -0.39 is 42.6 Å². The largest absolute Gasteiger partial charge is 0.482 e. The summed E-state index contributed by atoms with van der Waals surface area (Å²) in [6.07, 6.45) is 0. The van der Waals surface area contributed by atoms with Crippen molar-refractivity contribution >= 4 is 41.0 Å². The summed E-state index contributed by atoms with van der Waals surface area (Å²) in [5.74, 6) is -1.93. The number of rotatable bonds is 11. The number of benzene rings is 3. The third-order valence-electron chi connectivity index (χ3n) is 5.56. The van der Waals surface area contributed by atoms with Crippen LogP contribution in [-0.2, 0) is 23.9 Å². The highest BCUT2D eigenvalue weighted by Crippen LogP contribution is 2.24. The van der Waals surface area contributed by atoms with Crippen LogP contribution in [0.4, 0.5) is 16.2 Å². The molecule has 0 aliphatic heterocycles. The van der Waals surface area contributed by atoms with Gasteiger partial charge in [-0.3, -0.25) is 19.3 Å². The highest BCUT2D eigenvalue weighted by Gasteiger charge is 2.27. The number of methoxy groups -OCH3 is 1. The Labute approximate surface area is 243 Å². The van der Waals surface area contributed by atoms with Crippen molar-refractivity contribution in [2.45, 2.75) is 26.4 Å². The summed E-state index contributed by atoms with van der Waals surface area (Å²) < 4.78 is 15.3. The summed E-state index contributed by atoms with van der Waals surface area (Å²) in [5, 5.41) is 5.05. The number of nitrogens with one attached hydrogen (secondary N) is 2. The first-order chi connectivity index (χ1) is 20.0. The molecule has 0 bridgehead atoms. The Morgan fingerprint density at radius 3 is 2.21 bits per heavy atom. The number of anilines is 2. The van der Waals surface area contributed by atoms with Gasteiger partial charge >= 0.3 is 18.0 Å². The van der Waals surface area contributed by atoms with E-state index in [-0.39, 0.29) is 23.6 Å². The van der Waals surface area contributed by atoms with E-state index in [9.17, 15) is 24.0 Å². The van der Waals surface area contributed by atoms with Crippen molar-refractivity contribution in [3.63, 3.8) is 0 Å². The fraction of sp³-hybridized carbons (Fsp3) is 0.258. The molecule has 0 spiro atoms. The lowest BCUT2D eigenvalue weighted by atomic mass is 10.0. The highest BCUT2D eigenvalue weighted by molar-refractivity contribution is 6.15. The predicted molar refractivity (Wildman–Crippen MR) is 155 cm³/mol. The highest BCUT2D eigenvalue weighted by atomic mass is 16.6. The number of hydrogen-bond donors (Lipinski definition) is 2.